The number of aromatic nitrogens is 1. The summed E-state index contributed by atoms with van der Waals surface area (Å²) in [5, 5.41) is 6.54. The third kappa shape index (κ3) is 5.33. The minimum atomic E-state index is -4.44. The van der Waals surface area contributed by atoms with Crippen LogP contribution in [0.1, 0.15) is 25.3 Å². The average Bonchev–Trinajstić information content (AvgIpc) is 2.68. The van der Waals surface area contributed by atoms with Gasteiger partial charge in [0.2, 0.25) is 0 Å². The first-order valence-electron chi connectivity index (χ1n) is 8.96. The topological polar surface area (TPSA) is 139 Å². The van der Waals surface area contributed by atoms with Crippen molar-refractivity contribution in [2.24, 2.45) is 5.73 Å². The molecule has 0 saturated heterocycles. The normalized spacial score (nSPS) is 15.0. The van der Waals surface area contributed by atoms with E-state index in [0.717, 1.165) is 11.5 Å². The number of phosphoric acid groups is 1. The van der Waals surface area contributed by atoms with Gasteiger partial charge in [-0.15, -0.1) is 0 Å². The number of hydroxylamine groups is 1. The second-order valence-electron chi connectivity index (χ2n) is 6.13. The maximum atomic E-state index is 12.5. The zero-order valence-electron chi connectivity index (χ0n) is 15.7. The summed E-state index contributed by atoms with van der Waals surface area (Å²) in [4.78, 5) is 25.7. The molecule has 0 fully saturated rings. The first-order valence-corrected chi connectivity index (χ1v) is 10.5. The van der Waals surface area contributed by atoms with Gasteiger partial charge in [-0.05, 0) is 18.6 Å². The van der Waals surface area contributed by atoms with Gasteiger partial charge in [0, 0.05) is 11.8 Å². The number of primary amides is 1. The third-order valence-corrected chi connectivity index (χ3v) is 4.79. The molecule has 1 aliphatic heterocycles. The second kappa shape index (κ2) is 9.06. The van der Waals surface area contributed by atoms with Crippen molar-refractivity contribution in [1.82, 2.24) is 4.98 Å². The number of urea groups is 1. The van der Waals surface area contributed by atoms with Gasteiger partial charge < -0.3 is 15.9 Å². The number of hydrogen-bond acceptors (Lipinski definition) is 7. The standard InChI is InChI=1S/C18H22N5O5P/c1-2-3-11-27-29(25,26)28-23-15(13-7-5-4-6-8-13)12-20-14-9-10-16(21-17(14)23)22-18(19)24/h4-10,12,20H,2-3,11H2,1H3,(H,25,26)(H3,19,21,22,24). The molecule has 154 valence electrons. The number of hydrogen-bond donors (Lipinski definition) is 4. The Labute approximate surface area is 167 Å². The second-order valence-corrected chi connectivity index (χ2v) is 7.49. The van der Waals surface area contributed by atoms with Crippen molar-refractivity contribution in [3.63, 3.8) is 0 Å². The van der Waals surface area contributed by atoms with E-state index in [1.807, 2.05) is 25.1 Å². The van der Waals surface area contributed by atoms with Gasteiger partial charge >= 0.3 is 13.9 Å². The molecule has 1 aromatic heterocycles. The Morgan fingerprint density at radius 2 is 2.07 bits per heavy atom. The number of benzene rings is 1. The molecule has 29 heavy (non-hydrogen) atoms. The van der Waals surface area contributed by atoms with Crippen LogP contribution in [-0.2, 0) is 13.7 Å². The molecule has 1 unspecified atom stereocenters. The van der Waals surface area contributed by atoms with Gasteiger partial charge in [-0.3, -0.25) is 9.84 Å². The third-order valence-electron chi connectivity index (χ3n) is 3.91. The van der Waals surface area contributed by atoms with Crippen LogP contribution < -0.4 is 21.4 Å². The lowest BCUT2D eigenvalue weighted by Crippen LogP contribution is -2.28. The van der Waals surface area contributed by atoms with Crippen molar-refractivity contribution >= 4 is 36.9 Å². The number of nitrogens with one attached hydrogen (secondary N) is 2. The monoisotopic (exact) mass is 419 g/mol. The number of nitrogens with two attached hydrogens (primary N) is 1. The molecule has 1 aromatic carbocycles. The number of pyridine rings is 1. The van der Waals surface area contributed by atoms with Crippen LogP contribution in [0.3, 0.4) is 0 Å². The molecule has 11 heteroatoms. The maximum Gasteiger partial charge on any atom is 0.494 e. The Hall–Kier alpha value is -2.91. The summed E-state index contributed by atoms with van der Waals surface area (Å²) < 4.78 is 22.9. The predicted molar refractivity (Wildman–Crippen MR) is 110 cm³/mol. The molecule has 2 amide bonds. The lowest BCUT2D eigenvalue weighted by atomic mass is 10.1. The molecule has 5 N–H and O–H groups in total. The van der Waals surface area contributed by atoms with E-state index < -0.39 is 13.9 Å². The highest BCUT2D eigenvalue weighted by atomic mass is 31.2. The zero-order chi connectivity index (χ0) is 20.9. The number of nitrogens with zero attached hydrogens (tertiary/aromatic N) is 2. The van der Waals surface area contributed by atoms with Crippen LogP contribution >= 0.6 is 7.82 Å². The molecular formula is C18H22N5O5P. The van der Waals surface area contributed by atoms with E-state index >= 15 is 0 Å². The van der Waals surface area contributed by atoms with Crippen molar-refractivity contribution in [2.45, 2.75) is 19.8 Å². The van der Waals surface area contributed by atoms with Gasteiger partial charge in [-0.2, -0.15) is 9.69 Å². The van der Waals surface area contributed by atoms with Crippen LogP contribution in [0.4, 0.5) is 22.1 Å². The molecule has 0 bridgehead atoms. The largest absolute Gasteiger partial charge is 0.494 e. The molecule has 2 heterocycles. The summed E-state index contributed by atoms with van der Waals surface area (Å²) in [5.41, 5.74) is 6.78. The quantitative estimate of drug-likeness (QED) is 0.376. The molecular weight excluding hydrogens is 397 g/mol. The van der Waals surface area contributed by atoms with E-state index in [4.69, 9.17) is 14.9 Å². The fourth-order valence-corrected chi connectivity index (χ4v) is 3.35. The van der Waals surface area contributed by atoms with Crippen LogP contribution in [0.5, 0.6) is 0 Å². The first-order chi connectivity index (χ1) is 13.9. The van der Waals surface area contributed by atoms with Crippen LogP contribution in [0.2, 0.25) is 0 Å². The van der Waals surface area contributed by atoms with Crippen LogP contribution in [-0.4, -0.2) is 22.5 Å². The summed E-state index contributed by atoms with van der Waals surface area (Å²) in [6.45, 7) is 2.01. The van der Waals surface area contributed by atoms with E-state index in [-0.39, 0.29) is 18.2 Å². The summed E-state index contributed by atoms with van der Waals surface area (Å²) in [6.07, 6.45) is 3.03. The molecule has 0 radical (unpaired) electrons. The average molecular weight is 419 g/mol. The lowest BCUT2D eigenvalue weighted by molar-refractivity contribution is 0.148. The molecule has 0 aliphatic carbocycles. The van der Waals surface area contributed by atoms with Gasteiger partial charge in [0.15, 0.2) is 5.82 Å². The van der Waals surface area contributed by atoms with Crippen LogP contribution in [0.25, 0.3) is 5.70 Å². The Balaban J connectivity index is 1.98. The van der Waals surface area contributed by atoms with E-state index in [1.54, 1.807) is 24.4 Å². The van der Waals surface area contributed by atoms with Gasteiger partial charge in [0.1, 0.15) is 5.82 Å². The van der Waals surface area contributed by atoms with Gasteiger partial charge in [-0.1, -0.05) is 43.7 Å². The number of anilines is 3. The highest BCUT2D eigenvalue weighted by Crippen LogP contribution is 2.49. The van der Waals surface area contributed by atoms with Crippen molar-refractivity contribution in [3.8, 4) is 0 Å². The van der Waals surface area contributed by atoms with Gasteiger partial charge in [0.05, 0.1) is 18.0 Å². The molecule has 1 atom stereocenters. The summed E-state index contributed by atoms with van der Waals surface area (Å²) in [7, 11) is -4.44. The van der Waals surface area contributed by atoms with Gasteiger partial charge in [0.25, 0.3) is 0 Å². The summed E-state index contributed by atoms with van der Waals surface area (Å²) >= 11 is 0. The Kier molecular flexibility index (Phi) is 6.50. The van der Waals surface area contributed by atoms with E-state index in [1.165, 1.54) is 6.07 Å². The van der Waals surface area contributed by atoms with Crippen molar-refractivity contribution < 1.29 is 23.4 Å². The molecule has 2 aromatic rings. The molecule has 3 rings (SSSR count). The number of unbranched alkanes of at least 4 members (excludes halogenated alkanes) is 1. The number of carbonyl (C=O) groups is 1. The zero-order valence-corrected chi connectivity index (χ0v) is 16.6. The van der Waals surface area contributed by atoms with E-state index in [9.17, 15) is 14.3 Å². The van der Waals surface area contributed by atoms with Crippen LogP contribution in [0, 0.1) is 0 Å². The lowest BCUT2D eigenvalue weighted by Gasteiger charge is -2.31. The first kappa shape index (κ1) is 20.8. The predicted octanol–water partition coefficient (Wildman–Crippen LogP) is 3.65. The Morgan fingerprint density at radius 1 is 1.31 bits per heavy atom. The fraction of sp³-hybridized carbons (Fsp3) is 0.222. The van der Waals surface area contributed by atoms with Crippen molar-refractivity contribution in [2.75, 3.05) is 22.3 Å². The summed E-state index contributed by atoms with van der Waals surface area (Å²) in [5.74, 6) is 0.312. The minimum absolute atomic E-state index is 0.0737. The minimum Gasteiger partial charge on any atom is -0.357 e. The molecule has 10 nitrogen and oxygen atoms in total. The number of phosphoric ester groups is 1. The molecule has 0 spiro atoms. The fourth-order valence-electron chi connectivity index (χ4n) is 2.57. The van der Waals surface area contributed by atoms with Crippen LogP contribution in [0.15, 0.2) is 48.7 Å². The SMILES string of the molecule is CCCCOP(=O)(O)ON1C(c2ccccc2)=CNc2ccc(NC(N)=O)nc21. The van der Waals surface area contributed by atoms with Gasteiger partial charge in [-0.25, -0.2) is 14.3 Å². The maximum absolute atomic E-state index is 12.5. The number of fused-ring (bicyclic) bond motifs is 1. The number of amides is 2. The van der Waals surface area contributed by atoms with Crippen molar-refractivity contribution in [1.29, 1.82) is 0 Å². The Morgan fingerprint density at radius 3 is 2.76 bits per heavy atom. The number of carbonyl (C=O) groups excluding carboxylic acids is 1. The number of rotatable bonds is 8. The summed E-state index contributed by atoms with van der Waals surface area (Å²) in [6, 6.07) is 11.5. The molecule has 0 saturated carbocycles. The Bertz CT molecular complexity index is 953. The van der Waals surface area contributed by atoms with E-state index in [2.05, 4.69) is 15.6 Å². The van der Waals surface area contributed by atoms with E-state index in [0.29, 0.717) is 23.4 Å². The highest BCUT2D eigenvalue weighted by Gasteiger charge is 2.33. The molecule has 1 aliphatic rings. The van der Waals surface area contributed by atoms with Crippen molar-refractivity contribution in [3.05, 3.63) is 54.2 Å². The smallest absolute Gasteiger partial charge is 0.357 e. The highest BCUT2D eigenvalue weighted by molar-refractivity contribution is 7.47.